The molecule has 0 radical (unpaired) electrons. The van der Waals surface area contributed by atoms with Gasteiger partial charge in [0, 0.05) is 35.7 Å². The number of hydrogen-bond donors (Lipinski definition) is 0. The Morgan fingerprint density at radius 2 is 1.61 bits per heavy atom. The Kier molecular flexibility index (Phi) is 5.26. The average molecular weight is 452 g/mol. The van der Waals surface area contributed by atoms with Gasteiger partial charge in [-0.3, -0.25) is 0 Å². The summed E-state index contributed by atoms with van der Waals surface area (Å²) in [6.45, 7) is 8.54. The van der Waals surface area contributed by atoms with Crippen LogP contribution in [0.25, 0.3) is 0 Å². The highest BCUT2D eigenvalue weighted by atomic mass is 79.9. The lowest BCUT2D eigenvalue weighted by Crippen LogP contribution is -2.56. The molecule has 5 nitrogen and oxygen atoms in total. The SMILES string of the molecule is CC(c1ccc(Br)cc1)N1CCC2(CCC3(CC2)OCC(C)(C)CO3)OC1=O. The van der Waals surface area contributed by atoms with Crippen LogP contribution in [0.4, 0.5) is 4.79 Å². The molecule has 1 aliphatic carbocycles. The Bertz CT molecular complexity index is 713. The van der Waals surface area contributed by atoms with Crippen LogP contribution in [-0.2, 0) is 14.2 Å². The van der Waals surface area contributed by atoms with Gasteiger partial charge in [0.15, 0.2) is 5.79 Å². The summed E-state index contributed by atoms with van der Waals surface area (Å²) >= 11 is 3.46. The van der Waals surface area contributed by atoms with Crippen molar-refractivity contribution in [2.24, 2.45) is 5.41 Å². The molecule has 1 unspecified atom stereocenters. The zero-order chi connectivity index (χ0) is 20.0. The van der Waals surface area contributed by atoms with E-state index in [1.165, 1.54) is 0 Å². The van der Waals surface area contributed by atoms with Gasteiger partial charge in [0.05, 0.1) is 19.3 Å². The number of nitrogens with zero attached hydrogens (tertiary/aromatic N) is 1. The number of halogens is 1. The number of benzene rings is 1. The quantitative estimate of drug-likeness (QED) is 0.600. The molecule has 1 aromatic rings. The summed E-state index contributed by atoms with van der Waals surface area (Å²) in [5.74, 6) is -0.477. The zero-order valence-corrected chi connectivity index (χ0v) is 18.6. The van der Waals surface area contributed by atoms with Crippen LogP contribution in [0, 0.1) is 5.41 Å². The third-order valence-corrected chi connectivity index (χ3v) is 7.07. The molecule has 3 fully saturated rings. The van der Waals surface area contributed by atoms with E-state index in [1.807, 2.05) is 17.0 Å². The minimum Gasteiger partial charge on any atom is -0.443 e. The maximum Gasteiger partial charge on any atom is 0.410 e. The number of rotatable bonds is 2. The fourth-order valence-electron chi connectivity index (χ4n) is 4.45. The lowest BCUT2D eigenvalue weighted by atomic mass is 9.77. The van der Waals surface area contributed by atoms with E-state index in [2.05, 4.69) is 48.8 Å². The van der Waals surface area contributed by atoms with Crippen LogP contribution in [-0.4, -0.2) is 42.1 Å². The summed E-state index contributed by atoms with van der Waals surface area (Å²) in [6, 6.07) is 8.12. The molecular formula is C22H30BrNO4. The predicted molar refractivity (Wildman–Crippen MR) is 110 cm³/mol. The first kappa shape index (κ1) is 20.2. The Labute approximate surface area is 175 Å². The highest BCUT2D eigenvalue weighted by molar-refractivity contribution is 9.10. The highest BCUT2D eigenvalue weighted by Crippen LogP contribution is 2.47. The predicted octanol–water partition coefficient (Wildman–Crippen LogP) is 5.43. The van der Waals surface area contributed by atoms with Gasteiger partial charge in [0.25, 0.3) is 0 Å². The maximum absolute atomic E-state index is 12.8. The third-order valence-electron chi connectivity index (χ3n) is 6.54. The molecule has 2 aliphatic heterocycles. The van der Waals surface area contributed by atoms with E-state index in [9.17, 15) is 4.79 Å². The molecule has 1 atom stereocenters. The Morgan fingerprint density at radius 1 is 1.00 bits per heavy atom. The van der Waals surface area contributed by atoms with E-state index >= 15 is 0 Å². The standard InChI is InChI=1S/C22H30BrNO4/c1-16(17-4-6-18(23)7-5-17)24-13-12-21(28-19(24)25)8-10-22(11-9-21)26-14-20(2,3)15-27-22/h4-7,16H,8-15H2,1-3H3. The molecule has 0 aromatic heterocycles. The van der Waals surface area contributed by atoms with Crippen molar-refractivity contribution in [3.05, 3.63) is 34.3 Å². The normalized spacial score (nSPS) is 26.9. The van der Waals surface area contributed by atoms with Gasteiger partial charge < -0.3 is 19.1 Å². The van der Waals surface area contributed by atoms with Gasteiger partial charge in [-0.15, -0.1) is 0 Å². The topological polar surface area (TPSA) is 48.0 Å². The average Bonchev–Trinajstić information content (AvgIpc) is 2.67. The number of carbonyl (C=O) groups is 1. The molecule has 28 heavy (non-hydrogen) atoms. The van der Waals surface area contributed by atoms with Crippen LogP contribution in [0.5, 0.6) is 0 Å². The number of carbonyl (C=O) groups excluding carboxylic acids is 1. The minimum absolute atomic E-state index is 0.000116. The summed E-state index contributed by atoms with van der Waals surface area (Å²) < 4.78 is 19.3. The van der Waals surface area contributed by atoms with Gasteiger partial charge in [0.1, 0.15) is 5.60 Å². The van der Waals surface area contributed by atoms with E-state index in [0.29, 0.717) is 0 Å². The van der Waals surface area contributed by atoms with Gasteiger partial charge in [-0.1, -0.05) is 41.9 Å². The second kappa shape index (κ2) is 7.29. The highest BCUT2D eigenvalue weighted by Gasteiger charge is 2.51. The Hall–Kier alpha value is -1.11. The van der Waals surface area contributed by atoms with Crippen molar-refractivity contribution in [3.63, 3.8) is 0 Å². The van der Waals surface area contributed by atoms with Crippen LogP contribution in [0.2, 0.25) is 0 Å². The summed E-state index contributed by atoms with van der Waals surface area (Å²) in [6.07, 6.45) is 3.85. The Morgan fingerprint density at radius 3 is 2.18 bits per heavy atom. The van der Waals surface area contributed by atoms with E-state index in [-0.39, 0.29) is 23.2 Å². The summed E-state index contributed by atoms with van der Waals surface area (Å²) in [5.41, 5.74) is 0.824. The van der Waals surface area contributed by atoms with Crippen LogP contribution in [0.3, 0.4) is 0 Å². The van der Waals surface area contributed by atoms with Crippen LogP contribution < -0.4 is 0 Å². The first-order valence-corrected chi connectivity index (χ1v) is 11.0. The van der Waals surface area contributed by atoms with Gasteiger partial charge in [0.2, 0.25) is 0 Å². The van der Waals surface area contributed by atoms with E-state index in [4.69, 9.17) is 14.2 Å². The summed E-state index contributed by atoms with van der Waals surface area (Å²) in [7, 11) is 0. The molecule has 2 heterocycles. The molecule has 4 rings (SSSR count). The molecule has 3 aliphatic rings. The minimum atomic E-state index is -0.477. The second-order valence-corrected chi connectivity index (χ2v) is 10.3. The molecule has 2 spiro atoms. The van der Waals surface area contributed by atoms with Gasteiger partial charge in [-0.2, -0.15) is 0 Å². The maximum atomic E-state index is 12.8. The fraction of sp³-hybridized carbons (Fsp3) is 0.682. The smallest absolute Gasteiger partial charge is 0.410 e. The van der Waals surface area contributed by atoms with E-state index in [1.54, 1.807) is 0 Å². The van der Waals surface area contributed by atoms with Crippen LogP contribution in [0.1, 0.15) is 64.5 Å². The van der Waals surface area contributed by atoms with Crippen molar-refractivity contribution < 1.29 is 19.0 Å². The molecule has 0 N–H and O–H groups in total. The number of hydrogen-bond acceptors (Lipinski definition) is 4. The fourth-order valence-corrected chi connectivity index (χ4v) is 4.71. The monoisotopic (exact) mass is 451 g/mol. The van der Waals surface area contributed by atoms with Crippen molar-refractivity contribution in [1.82, 2.24) is 4.90 Å². The lowest BCUT2D eigenvalue weighted by Gasteiger charge is -2.51. The molecular weight excluding hydrogens is 422 g/mol. The van der Waals surface area contributed by atoms with Crippen molar-refractivity contribution in [3.8, 4) is 0 Å². The first-order chi connectivity index (χ1) is 13.2. The van der Waals surface area contributed by atoms with Crippen molar-refractivity contribution in [2.45, 2.75) is 70.3 Å². The molecule has 2 saturated heterocycles. The number of amides is 1. The molecule has 1 aromatic carbocycles. The first-order valence-electron chi connectivity index (χ1n) is 10.2. The van der Waals surface area contributed by atoms with Crippen molar-refractivity contribution in [2.75, 3.05) is 19.8 Å². The van der Waals surface area contributed by atoms with Crippen LogP contribution in [0.15, 0.2) is 28.7 Å². The van der Waals surface area contributed by atoms with Crippen molar-refractivity contribution in [1.29, 1.82) is 0 Å². The Balaban J connectivity index is 1.37. The van der Waals surface area contributed by atoms with Gasteiger partial charge in [-0.25, -0.2) is 4.79 Å². The van der Waals surface area contributed by atoms with Crippen LogP contribution >= 0.6 is 15.9 Å². The van der Waals surface area contributed by atoms with Crippen molar-refractivity contribution >= 4 is 22.0 Å². The summed E-state index contributed by atoms with van der Waals surface area (Å²) in [4.78, 5) is 14.7. The lowest BCUT2D eigenvalue weighted by molar-refractivity contribution is -0.320. The second-order valence-electron chi connectivity index (χ2n) is 9.37. The van der Waals surface area contributed by atoms with E-state index < -0.39 is 5.79 Å². The molecule has 1 amide bonds. The van der Waals surface area contributed by atoms with Gasteiger partial charge >= 0.3 is 6.09 Å². The third kappa shape index (κ3) is 3.96. The molecule has 1 saturated carbocycles. The number of ether oxygens (including phenoxy) is 3. The summed E-state index contributed by atoms with van der Waals surface area (Å²) in [5, 5.41) is 0. The van der Waals surface area contributed by atoms with E-state index in [0.717, 1.165) is 61.9 Å². The largest absolute Gasteiger partial charge is 0.443 e. The molecule has 154 valence electrons. The molecule has 0 bridgehead atoms. The van der Waals surface area contributed by atoms with Gasteiger partial charge in [-0.05, 0) is 37.5 Å². The molecule has 6 heteroatoms. The zero-order valence-electron chi connectivity index (χ0n) is 17.0.